The minimum absolute atomic E-state index is 0.163. The Kier molecular flexibility index (Phi) is 4.95. The second kappa shape index (κ2) is 7.12. The molecule has 1 saturated heterocycles. The molecule has 23 heavy (non-hydrogen) atoms. The maximum Gasteiger partial charge on any atom is 0.233 e. The molecule has 1 aromatic carbocycles. The van der Waals surface area contributed by atoms with Crippen LogP contribution in [0.2, 0.25) is 0 Å². The summed E-state index contributed by atoms with van der Waals surface area (Å²) in [5, 5.41) is 12.4. The van der Waals surface area contributed by atoms with E-state index < -0.39 is 0 Å². The Bertz CT molecular complexity index is 650. The molecule has 0 saturated carbocycles. The van der Waals surface area contributed by atoms with Gasteiger partial charge in [-0.2, -0.15) is 4.68 Å². The summed E-state index contributed by atoms with van der Waals surface area (Å²) in [6.45, 7) is 6.12. The van der Waals surface area contributed by atoms with Gasteiger partial charge in [0.2, 0.25) is 11.1 Å². The van der Waals surface area contributed by atoms with Gasteiger partial charge in [-0.15, -0.1) is 5.10 Å². The number of hydrogen-bond acceptors (Lipinski definition) is 5. The standard InChI is InChI=1S/C16H21N5OS/c1-12-8-13(2)10-20(9-12)15(22)11-23-16-17-18-19-21(16)14-6-4-3-5-7-14/h3-7,12-13H,8-11H2,1-2H3. The van der Waals surface area contributed by atoms with E-state index in [2.05, 4.69) is 29.4 Å². The average Bonchev–Trinajstić information content (AvgIpc) is 3.01. The molecule has 1 fully saturated rings. The summed E-state index contributed by atoms with van der Waals surface area (Å²) in [6.07, 6.45) is 1.20. The molecule has 0 radical (unpaired) electrons. The fourth-order valence-corrected chi connectivity index (χ4v) is 3.88. The minimum atomic E-state index is 0.163. The number of rotatable bonds is 4. The number of aromatic nitrogens is 4. The van der Waals surface area contributed by atoms with Gasteiger partial charge in [0.05, 0.1) is 11.4 Å². The van der Waals surface area contributed by atoms with Crippen LogP contribution in [0.15, 0.2) is 35.5 Å². The first-order chi connectivity index (χ1) is 11.1. The van der Waals surface area contributed by atoms with Crippen molar-refractivity contribution in [2.24, 2.45) is 11.8 Å². The molecule has 7 heteroatoms. The molecule has 1 aliphatic heterocycles. The summed E-state index contributed by atoms with van der Waals surface area (Å²) >= 11 is 1.39. The van der Waals surface area contributed by atoms with Crippen LogP contribution in [0, 0.1) is 11.8 Å². The van der Waals surface area contributed by atoms with Crippen molar-refractivity contribution in [3.8, 4) is 5.69 Å². The smallest absolute Gasteiger partial charge is 0.233 e. The zero-order valence-corrected chi connectivity index (χ0v) is 14.2. The molecule has 0 aliphatic carbocycles. The van der Waals surface area contributed by atoms with Gasteiger partial charge in [-0.05, 0) is 40.8 Å². The van der Waals surface area contributed by atoms with Crippen LogP contribution in [0.4, 0.5) is 0 Å². The summed E-state index contributed by atoms with van der Waals surface area (Å²) in [5.74, 6) is 1.67. The quantitative estimate of drug-likeness (QED) is 0.804. The Labute approximate surface area is 140 Å². The summed E-state index contributed by atoms with van der Waals surface area (Å²) < 4.78 is 1.67. The van der Waals surface area contributed by atoms with Crippen LogP contribution in [-0.4, -0.2) is 49.9 Å². The Balaban J connectivity index is 1.63. The van der Waals surface area contributed by atoms with E-state index in [4.69, 9.17) is 0 Å². The highest BCUT2D eigenvalue weighted by atomic mass is 32.2. The molecule has 122 valence electrons. The third-order valence-electron chi connectivity index (χ3n) is 3.99. The van der Waals surface area contributed by atoms with Gasteiger partial charge in [0.15, 0.2) is 0 Å². The largest absolute Gasteiger partial charge is 0.341 e. The predicted molar refractivity (Wildman–Crippen MR) is 89.4 cm³/mol. The number of amides is 1. The maximum atomic E-state index is 12.5. The van der Waals surface area contributed by atoms with Crippen molar-refractivity contribution in [3.05, 3.63) is 30.3 Å². The third kappa shape index (κ3) is 3.90. The molecule has 2 atom stereocenters. The van der Waals surface area contributed by atoms with Crippen LogP contribution in [-0.2, 0) is 4.79 Å². The minimum Gasteiger partial charge on any atom is -0.341 e. The summed E-state index contributed by atoms with van der Waals surface area (Å²) in [5.41, 5.74) is 0.896. The Morgan fingerprint density at radius 1 is 1.22 bits per heavy atom. The number of thioether (sulfide) groups is 1. The number of likely N-dealkylation sites (tertiary alicyclic amines) is 1. The first-order valence-electron chi connectivity index (χ1n) is 7.88. The fourth-order valence-electron chi connectivity index (χ4n) is 3.08. The second-order valence-corrected chi connectivity index (χ2v) is 7.18. The molecule has 1 aliphatic rings. The van der Waals surface area contributed by atoms with E-state index >= 15 is 0 Å². The van der Waals surface area contributed by atoms with Crippen molar-refractivity contribution >= 4 is 17.7 Å². The van der Waals surface area contributed by atoms with Crippen LogP contribution in [0.5, 0.6) is 0 Å². The van der Waals surface area contributed by atoms with Crippen molar-refractivity contribution in [2.45, 2.75) is 25.4 Å². The highest BCUT2D eigenvalue weighted by Crippen LogP contribution is 2.23. The van der Waals surface area contributed by atoms with Crippen LogP contribution in [0.3, 0.4) is 0 Å². The Hall–Kier alpha value is -1.89. The van der Waals surface area contributed by atoms with E-state index in [1.165, 1.54) is 18.2 Å². The molecular weight excluding hydrogens is 310 g/mol. The molecule has 1 aromatic heterocycles. The number of carbonyl (C=O) groups is 1. The van der Waals surface area contributed by atoms with E-state index in [0.29, 0.717) is 22.7 Å². The van der Waals surface area contributed by atoms with Crippen LogP contribution in [0.1, 0.15) is 20.3 Å². The molecule has 2 heterocycles. The van der Waals surface area contributed by atoms with Crippen molar-refractivity contribution in [1.82, 2.24) is 25.1 Å². The van der Waals surface area contributed by atoms with Crippen LogP contribution < -0.4 is 0 Å². The number of benzene rings is 1. The number of nitrogens with zero attached hydrogens (tertiary/aromatic N) is 5. The lowest BCUT2D eigenvalue weighted by atomic mass is 9.92. The number of para-hydroxylation sites is 1. The lowest BCUT2D eigenvalue weighted by Crippen LogP contribution is -2.43. The van der Waals surface area contributed by atoms with Crippen LogP contribution >= 0.6 is 11.8 Å². The Morgan fingerprint density at radius 3 is 2.61 bits per heavy atom. The van der Waals surface area contributed by atoms with Gasteiger partial charge >= 0.3 is 0 Å². The van der Waals surface area contributed by atoms with Crippen molar-refractivity contribution in [1.29, 1.82) is 0 Å². The predicted octanol–water partition coefficient (Wildman–Crippen LogP) is 2.26. The summed E-state index contributed by atoms with van der Waals surface area (Å²) in [4.78, 5) is 14.4. The first kappa shape index (κ1) is 16.0. The van der Waals surface area contributed by atoms with Gasteiger partial charge in [0.25, 0.3) is 0 Å². The van der Waals surface area contributed by atoms with Gasteiger partial charge in [-0.3, -0.25) is 4.79 Å². The molecular formula is C16H21N5OS. The van der Waals surface area contributed by atoms with E-state index in [1.807, 2.05) is 35.2 Å². The summed E-state index contributed by atoms with van der Waals surface area (Å²) in [6, 6.07) is 9.70. The zero-order chi connectivity index (χ0) is 16.2. The van der Waals surface area contributed by atoms with Crippen molar-refractivity contribution in [2.75, 3.05) is 18.8 Å². The normalized spacial score (nSPS) is 21.4. The highest BCUT2D eigenvalue weighted by Gasteiger charge is 2.25. The van der Waals surface area contributed by atoms with Gasteiger partial charge in [-0.25, -0.2) is 0 Å². The monoisotopic (exact) mass is 331 g/mol. The lowest BCUT2D eigenvalue weighted by molar-refractivity contribution is -0.130. The topological polar surface area (TPSA) is 63.9 Å². The van der Waals surface area contributed by atoms with Gasteiger partial charge in [-0.1, -0.05) is 43.8 Å². The van der Waals surface area contributed by atoms with E-state index in [9.17, 15) is 4.79 Å². The molecule has 3 rings (SSSR count). The van der Waals surface area contributed by atoms with Crippen molar-refractivity contribution < 1.29 is 4.79 Å². The van der Waals surface area contributed by atoms with E-state index in [1.54, 1.807) is 4.68 Å². The SMILES string of the molecule is CC1CC(C)CN(C(=O)CSc2nnnn2-c2ccccc2)C1. The molecule has 2 aromatic rings. The number of piperidine rings is 1. The molecule has 0 N–H and O–H groups in total. The molecule has 2 unspecified atom stereocenters. The highest BCUT2D eigenvalue weighted by molar-refractivity contribution is 7.99. The van der Waals surface area contributed by atoms with Crippen molar-refractivity contribution in [3.63, 3.8) is 0 Å². The molecule has 1 amide bonds. The van der Waals surface area contributed by atoms with Crippen LogP contribution in [0.25, 0.3) is 5.69 Å². The number of tetrazole rings is 1. The van der Waals surface area contributed by atoms with Gasteiger partial charge in [0, 0.05) is 13.1 Å². The lowest BCUT2D eigenvalue weighted by Gasteiger charge is -2.34. The molecule has 6 nitrogen and oxygen atoms in total. The van der Waals surface area contributed by atoms with Gasteiger partial charge < -0.3 is 4.90 Å². The second-order valence-electron chi connectivity index (χ2n) is 6.24. The fraction of sp³-hybridized carbons (Fsp3) is 0.500. The number of hydrogen-bond donors (Lipinski definition) is 0. The summed E-state index contributed by atoms with van der Waals surface area (Å²) in [7, 11) is 0. The average molecular weight is 331 g/mol. The molecule has 0 bridgehead atoms. The Morgan fingerprint density at radius 2 is 1.91 bits per heavy atom. The third-order valence-corrected chi connectivity index (χ3v) is 4.89. The first-order valence-corrected chi connectivity index (χ1v) is 8.86. The number of carbonyl (C=O) groups excluding carboxylic acids is 1. The molecule has 0 spiro atoms. The maximum absolute atomic E-state index is 12.5. The van der Waals surface area contributed by atoms with E-state index in [0.717, 1.165) is 18.8 Å². The van der Waals surface area contributed by atoms with Gasteiger partial charge in [0.1, 0.15) is 0 Å². The zero-order valence-electron chi connectivity index (χ0n) is 13.4. The van der Waals surface area contributed by atoms with E-state index in [-0.39, 0.29) is 5.91 Å².